The Morgan fingerprint density at radius 3 is 2.41 bits per heavy atom. The molecule has 0 aromatic heterocycles. The molecule has 0 aliphatic carbocycles. The highest BCUT2D eigenvalue weighted by Crippen LogP contribution is 2.45. The first kappa shape index (κ1) is 20.9. The molecule has 0 N–H and O–H groups in total. The topological polar surface area (TPSA) is 59.1 Å². The van der Waals surface area contributed by atoms with Crippen molar-refractivity contribution in [3.63, 3.8) is 0 Å². The third-order valence-electron chi connectivity index (χ3n) is 5.67. The first-order valence-corrected chi connectivity index (χ1v) is 11.4. The summed E-state index contributed by atoms with van der Waals surface area (Å²) in [5.41, 5.74) is 1.26. The van der Waals surface area contributed by atoms with Crippen molar-refractivity contribution in [2.24, 2.45) is 0 Å². The van der Waals surface area contributed by atoms with Crippen LogP contribution in [0.25, 0.3) is 0 Å². The summed E-state index contributed by atoms with van der Waals surface area (Å²) in [7, 11) is -3.61. The maximum Gasteiger partial charge on any atom is 0.389 e. The van der Waals surface area contributed by atoms with Gasteiger partial charge in [0.15, 0.2) is 0 Å². The lowest BCUT2D eigenvalue weighted by Gasteiger charge is -2.34. The Morgan fingerprint density at radius 2 is 1.76 bits per heavy atom. The van der Waals surface area contributed by atoms with E-state index in [1.807, 2.05) is 0 Å². The molecule has 2 fully saturated rings. The van der Waals surface area contributed by atoms with Crippen molar-refractivity contribution in [2.75, 3.05) is 44.3 Å². The Balaban J connectivity index is 1.64. The van der Waals surface area contributed by atoms with E-state index in [1.54, 1.807) is 17.0 Å². The highest BCUT2D eigenvalue weighted by Gasteiger charge is 2.47. The fourth-order valence-corrected chi connectivity index (χ4v) is 5.79. The predicted molar refractivity (Wildman–Crippen MR) is 100 cm³/mol. The predicted octanol–water partition coefficient (Wildman–Crippen LogP) is 3.22. The van der Waals surface area contributed by atoms with Crippen LogP contribution in [0.2, 0.25) is 0 Å². The van der Waals surface area contributed by atoms with Gasteiger partial charge in [0.1, 0.15) is 0 Å². The Labute approximate surface area is 168 Å². The lowest BCUT2D eigenvalue weighted by molar-refractivity contribution is -0.265. The number of sulfonamides is 1. The van der Waals surface area contributed by atoms with Crippen LogP contribution >= 0.6 is 0 Å². The minimum absolute atomic E-state index is 0.0488. The molecule has 0 bridgehead atoms. The average molecular weight is 434 g/mol. The Kier molecular flexibility index (Phi) is 5.56. The van der Waals surface area contributed by atoms with Crippen LogP contribution in [0.4, 0.5) is 18.9 Å². The first-order chi connectivity index (χ1) is 13.7. The molecule has 1 aromatic carbocycles. The summed E-state index contributed by atoms with van der Waals surface area (Å²) in [6, 6.07) is 4.78. The second-order valence-electron chi connectivity index (χ2n) is 7.73. The summed E-state index contributed by atoms with van der Waals surface area (Å²) >= 11 is 0. The van der Waals surface area contributed by atoms with Crippen LogP contribution in [0, 0.1) is 0 Å². The lowest BCUT2D eigenvalue weighted by Crippen LogP contribution is -2.42. The molecule has 3 aliphatic rings. The molecule has 0 unspecified atom stereocenters. The number of alkyl halides is 3. The van der Waals surface area contributed by atoms with E-state index in [2.05, 4.69) is 0 Å². The van der Waals surface area contributed by atoms with Crippen LogP contribution in [0.3, 0.4) is 0 Å². The molecule has 1 aromatic rings. The molecule has 6 nitrogen and oxygen atoms in total. The van der Waals surface area contributed by atoms with E-state index >= 15 is 0 Å². The van der Waals surface area contributed by atoms with Gasteiger partial charge in [0.25, 0.3) is 0 Å². The highest BCUT2D eigenvalue weighted by molar-refractivity contribution is 7.89. The number of hydrogen-bond donors (Lipinski definition) is 0. The maximum atomic E-state index is 13.0. The number of fused-ring (bicyclic) bond motifs is 2. The van der Waals surface area contributed by atoms with Crippen LogP contribution in [-0.4, -0.2) is 58.3 Å². The normalized spacial score (nSPS) is 22.4. The number of benzene rings is 1. The zero-order valence-corrected chi connectivity index (χ0v) is 16.9. The van der Waals surface area contributed by atoms with E-state index in [0.717, 1.165) is 19.3 Å². The first-order valence-electron chi connectivity index (χ1n) is 9.96. The quantitative estimate of drug-likeness (QED) is 0.712. The number of ether oxygens (including phenoxy) is 2. The van der Waals surface area contributed by atoms with Gasteiger partial charge in [0.2, 0.25) is 15.8 Å². The van der Waals surface area contributed by atoms with Gasteiger partial charge in [-0.05, 0) is 43.9 Å². The number of rotatable bonds is 5. The molecule has 0 saturated carbocycles. The third-order valence-corrected chi connectivity index (χ3v) is 7.56. The van der Waals surface area contributed by atoms with E-state index in [4.69, 9.17) is 9.47 Å². The van der Waals surface area contributed by atoms with Crippen molar-refractivity contribution in [1.82, 2.24) is 4.31 Å². The van der Waals surface area contributed by atoms with Crippen LogP contribution in [-0.2, 0) is 25.3 Å². The molecule has 2 saturated heterocycles. The standard InChI is InChI=1S/C19H25F3N2O4S/c20-19(21,22)7-3-8-23-14-18(27-11-4-12-28-18)16-13-15(5-6-17(16)23)29(25,26)24-9-1-2-10-24/h5-6,13H,1-4,7-12,14H2. The Morgan fingerprint density at radius 1 is 1.07 bits per heavy atom. The van der Waals surface area contributed by atoms with E-state index in [9.17, 15) is 21.6 Å². The van der Waals surface area contributed by atoms with Gasteiger partial charge in [-0.2, -0.15) is 17.5 Å². The molecule has 29 heavy (non-hydrogen) atoms. The SMILES string of the molecule is O=S(=O)(c1ccc2c(c1)C1(CN2CCCC(F)(F)F)OCCCO1)N1CCCC1. The van der Waals surface area contributed by atoms with Gasteiger partial charge in [-0.25, -0.2) is 8.42 Å². The van der Waals surface area contributed by atoms with Gasteiger partial charge in [-0.15, -0.1) is 0 Å². The summed E-state index contributed by atoms with van der Waals surface area (Å²) < 4.78 is 77.0. The van der Waals surface area contributed by atoms with Crippen molar-refractivity contribution in [3.05, 3.63) is 23.8 Å². The Hall–Kier alpha value is -1.36. The second kappa shape index (κ2) is 7.72. The Bertz CT molecular complexity index is 848. The molecule has 3 heterocycles. The smallest absolute Gasteiger partial charge is 0.365 e. The molecule has 1 spiro atoms. The van der Waals surface area contributed by atoms with Gasteiger partial charge >= 0.3 is 6.18 Å². The summed E-state index contributed by atoms with van der Waals surface area (Å²) in [6.45, 7) is 2.37. The van der Waals surface area contributed by atoms with E-state index in [0.29, 0.717) is 37.6 Å². The molecule has 162 valence electrons. The van der Waals surface area contributed by atoms with Gasteiger partial charge in [0.05, 0.1) is 24.7 Å². The summed E-state index contributed by atoms with van der Waals surface area (Å²) in [6.07, 6.45) is -2.72. The number of hydrogen-bond acceptors (Lipinski definition) is 5. The molecule has 10 heteroatoms. The van der Waals surface area contributed by atoms with Crippen LogP contribution in [0.15, 0.2) is 23.1 Å². The van der Waals surface area contributed by atoms with E-state index in [-0.39, 0.29) is 24.4 Å². The van der Waals surface area contributed by atoms with Crippen LogP contribution in [0.1, 0.15) is 37.7 Å². The minimum Gasteiger partial charge on any atom is -0.365 e. The molecule has 4 rings (SSSR count). The van der Waals surface area contributed by atoms with Gasteiger partial charge in [0, 0.05) is 37.3 Å². The summed E-state index contributed by atoms with van der Waals surface area (Å²) in [5.74, 6) is -1.12. The van der Waals surface area contributed by atoms with E-state index in [1.165, 1.54) is 10.4 Å². The van der Waals surface area contributed by atoms with Crippen LogP contribution in [0.5, 0.6) is 0 Å². The minimum atomic E-state index is -4.20. The molecular weight excluding hydrogens is 409 g/mol. The number of anilines is 1. The number of halogens is 3. The summed E-state index contributed by atoms with van der Waals surface area (Å²) in [5, 5.41) is 0. The molecule has 0 amide bonds. The van der Waals surface area contributed by atoms with Crippen molar-refractivity contribution in [2.45, 2.75) is 49.0 Å². The third kappa shape index (κ3) is 4.12. The van der Waals surface area contributed by atoms with Crippen molar-refractivity contribution < 1.29 is 31.1 Å². The fraction of sp³-hybridized carbons (Fsp3) is 0.684. The van der Waals surface area contributed by atoms with Crippen molar-refractivity contribution in [1.29, 1.82) is 0 Å². The van der Waals surface area contributed by atoms with Crippen molar-refractivity contribution >= 4 is 15.7 Å². The zero-order valence-electron chi connectivity index (χ0n) is 16.1. The second-order valence-corrected chi connectivity index (χ2v) is 9.67. The van der Waals surface area contributed by atoms with E-state index < -0.39 is 28.4 Å². The van der Waals surface area contributed by atoms with Crippen molar-refractivity contribution in [3.8, 4) is 0 Å². The average Bonchev–Trinajstić information content (AvgIpc) is 3.30. The van der Waals surface area contributed by atoms with Gasteiger partial charge < -0.3 is 14.4 Å². The maximum absolute atomic E-state index is 13.0. The van der Waals surface area contributed by atoms with Gasteiger partial charge in [-0.1, -0.05) is 0 Å². The molecule has 3 aliphatic heterocycles. The molecule has 0 radical (unpaired) electrons. The highest BCUT2D eigenvalue weighted by atomic mass is 32.2. The fourth-order valence-electron chi connectivity index (χ4n) is 4.25. The zero-order chi connectivity index (χ0) is 20.7. The molecule has 0 atom stereocenters. The molecular formula is C19H25F3N2O4S. The lowest BCUT2D eigenvalue weighted by atomic mass is 10.1. The largest absolute Gasteiger partial charge is 0.389 e. The van der Waals surface area contributed by atoms with Gasteiger partial charge in [-0.3, -0.25) is 0 Å². The van der Waals surface area contributed by atoms with Crippen LogP contribution < -0.4 is 4.90 Å². The summed E-state index contributed by atoms with van der Waals surface area (Å²) in [4.78, 5) is 1.98. The number of nitrogens with zero attached hydrogens (tertiary/aromatic N) is 2. The monoisotopic (exact) mass is 434 g/mol.